The van der Waals surface area contributed by atoms with E-state index in [-0.39, 0.29) is 11.9 Å². The van der Waals surface area contributed by atoms with Gasteiger partial charge >= 0.3 is 6.03 Å². The largest absolute Gasteiger partial charge is 0.333 e. The first-order valence-electron chi connectivity index (χ1n) is 9.01. The number of benzene rings is 2. The van der Waals surface area contributed by atoms with E-state index < -0.39 is 11.9 Å². The Kier molecular flexibility index (Phi) is 4.62. The molecule has 0 aliphatic carbocycles. The molecule has 0 fully saturated rings. The van der Waals surface area contributed by atoms with Crippen LogP contribution in [0.25, 0.3) is 0 Å². The van der Waals surface area contributed by atoms with E-state index in [1.54, 1.807) is 17.0 Å². The Balaban J connectivity index is 1.48. The maximum atomic E-state index is 13.6. The van der Waals surface area contributed by atoms with Crippen molar-refractivity contribution in [2.75, 3.05) is 13.1 Å². The Morgan fingerprint density at radius 1 is 1.07 bits per heavy atom. The van der Waals surface area contributed by atoms with Crippen LogP contribution in [0.1, 0.15) is 23.6 Å². The average Bonchev–Trinajstić information content (AvgIpc) is 2.97. The van der Waals surface area contributed by atoms with E-state index in [4.69, 9.17) is 0 Å². The molecule has 6 heteroatoms. The Bertz CT molecular complexity index is 911. The van der Waals surface area contributed by atoms with Crippen LogP contribution in [0, 0.1) is 5.82 Å². The van der Waals surface area contributed by atoms with Crippen LogP contribution >= 0.6 is 0 Å². The van der Waals surface area contributed by atoms with Gasteiger partial charge in [0, 0.05) is 6.54 Å². The summed E-state index contributed by atoms with van der Waals surface area (Å²) in [6, 6.07) is 15.1. The monoisotopic (exact) mass is 365 g/mol. The van der Waals surface area contributed by atoms with E-state index >= 15 is 0 Å². The van der Waals surface area contributed by atoms with Gasteiger partial charge in [-0.2, -0.15) is 0 Å². The van der Waals surface area contributed by atoms with E-state index in [1.807, 2.05) is 18.2 Å². The molecule has 27 heavy (non-hydrogen) atoms. The molecule has 4 rings (SSSR count). The second kappa shape index (κ2) is 7.23. The fourth-order valence-electron chi connectivity index (χ4n) is 3.66. The highest BCUT2D eigenvalue weighted by molar-refractivity contribution is 6.01. The van der Waals surface area contributed by atoms with Gasteiger partial charge in [0.25, 0.3) is 5.91 Å². The van der Waals surface area contributed by atoms with Gasteiger partial charge in [-0.1, -0.05) is 42.5 Å². The molecule has 2 aromatic rings. The first-order chi connectivity index (χ1) is 13.1. The number of amides is 3. The molecule has 138 valence electrons. The lowest BCUT2D eigenvalue weighted by molar-refractivity contribution is -0.125. The van der Waals surface area contributed by atoms with Crippen molar-refractivity contribution in [2.24, 2.45) is 0 Å². The maximum absolute atomic E-state index is 13.6. The zero-order valence-corrected chi connectivity index (χ0v) is 14.7. The molecule has 0 spiro atoms. The third kappa shape index (κ3) is 3.56. The minimum atomic E-state index is -0.629. The third-order valence-electron chi connectivity index (χ3n) is 4.94. The fraction of sp³-hybridized carbons (Fsp3) is 0.238. The molecule has 1 unspecified atom stereocenters. The van der Waals surface area contributed by atoms with Gasteiger partial charge in [0.2, 0.25) is 0 Å². The first-order valence-corrected chi connectivity index (χ1v) is 9.01. The van der Waals surface area contributed by atoms with Crippen molar-refractivity contribution in [3.8, 4) is 0 Å². The number of rotatable bonds is 5. The predicted molar refractivity (Wildman–Crippen MR) is 99.2 cm³/mol. The summed E-state index contributed by atoms with van der Waals surface area (Å²) in [5.74, 6) is -0.507. The lowest BCUT2D eigenvalue weighted by Gasteiger charge is -2.25. The lowest BCUT2D eigenvalue weighted by atomic mass is 9.96. The topological polar surface area (TPSA) is 61.4 Å². The first kappa shape index (κ1) is 17.3. The van der Waals surface area contributed by atoms with E-state index in [0.717, 1.165) is 12.8 Å². The van der Waals surface area contributed by atoms with Crippen molar-refractivity contribution in [3.05, 3.63) is 82.8 Å². The molecule has 0 saturated heterocycles. The van der Waals surface area contributed by atoms with Crippen LogP contribution in [0.5, 0.6) is 0 Å². The smallest absolute Gasteiger partial charge is 0.319 e. The maximum Gasteiger partial charge on any atom is 0.319 e. The molecule has 0 bridgehead atoms. The number of carbonyl (C=O) groups excluding carboxylic acids is 2. The Morgan fingerprint density at radius 3 is 2.67 bits per heavy atom. The van der Waals surface area contributed by atoms with Crippen molar-refractivity contribution in [1.82, 2.24) is 15.5 Å². The number of carbonyl (C=O) groups is 2. The van der Waals surface area contributed by atoms with Gasteiger partial charge < -0.3 is 15.5 Å². The summed E-state index contributed by atoms with van der Waals surface area (Å²) >= 11 is 0. The molecule has 0 radical (unpaired) electrons. The summed E-state index contributed by atoms with van der Waals surface area (Å²) in [5, 5.41) is 5.48. The second-order valence-corrected chi connectivity index (χ2v) is 6.79. The minimum Gasteiger partial charge on any atom is -0.333 e. The summed E-state index contributed by atoms with van der Waals surface area (Å²) in [6.07, 6.45) is 1.72. The lowest BCUT2D eigenvalue weighted by Crippen LogP contribution is -2.44. The molecule has 2 heterocycles. The quantitative estimate of drug-likeness (QED) is 0.856. The van der Waals surface area contributed by atoms with Crippen LogP contribution in [0.4, 0.5) is 9.18 Å². The van der Waals surface area contributed by atoms with Crippen molar-refractivity contribution in [1.29, 1.82) is 0 Å². The summed E-state index contributed by atoms with van der Waals surface area (Å²) in [7, 11) is 0. The van der Waals surface area contributed by atoms with E-state index in [0.29, 0.717) is 29.9 Å². The summed E-state index contributed by atoms with van der Waals surface area (Å²) < 4.78 is 13.6. The molecule has 0 saturated carbocycles. The van der Waals surface area contributed by atoms with Crippen LogP contribution in [0.2, 0.25) is 0 Å². The molecule has 5 nitrogen and oxygen atoms in total. The van der Waals surface area contributed by atoms with E-state index in [2.05, 4.69) is 22.8 Å². The molecule has 0 aromatic heterocycles. The number of nitrogens with one attached hydrogen (secondary N) is 2. The standard InChI is InChI=1S/C21H20FN3O2/c22-16-10-4-9-15(12-16)19-18-17(23-21(27)24-19)13-25(20(18)26)11-5-8-14-6-2-1-3-7-14/h1-4,6-7,9-10,12,19H,5,8,11,13H2,(H2,23,24,27). The van der Waals surface area contributed by atoms with Gasteiger partial charge in [-0.3, -0.25) is 4.79 Å². The number of nitrogens with zero attached hydrogens (tertiary/aromatic N) is 1. The average molecular weight is 365 g/mol. The van der Waals surface area contributed by atoms with Gasteiger partial charge in [-0.25, -0.2) is 9.18 Å². The molecule has 2 aromatic carbocycles. The predicted octanol–water partition coefficient (Wildman–Crippen LogP) is 2.91. The normalized spacial score (nSPS) is 19.0. The van der Waals surface area contributed by atoms with E-state index in [9.17, 15) is 14.0 Å². The molecular weight excluding hydrogens is 345 g/mol. The van der Waals surface area contributed by atoms with Gasteiger partial charge in [0.05, 0.1) is 23.9 Å². The molecule has 2 N–H and O–H groups in total. The minimum absolute atomic E-state index is 0.111. The van der Waals surface area contributed by atoms with Crippen molar-refractivity contribution >= 4 is 11.9 Å². The van der Waals surface area contributed by atoms with Crippen LogP contribution in [0.3, 0.4) is 0 Å². The molecule has 1 atom stereocenters. The highest BCUT2D eigenvalue weighted by Gasteiger charge is 2.40. The van der Waals surface area contributed by atoms with Crippen molar-refractivity contribution in [3.63, 3.8) is 0 Å². The fourth-order valence-corrected chi connectivity index (χ4v) is 3.66. The SMILES string of the molecule is O=C1NC2=C(C(=O)N(CCCc3ccccc3)C2)C(c2cccc(F)c2)N1. The number of hydrogen-bond donors (Lipinski definition) is 2. The third-order valence-corrected chi connectivity index (χ3v) is 4.94. The zero-order valence-electron chi connectivity index (χ0n) is 14.7. The van der Waals surface area contributed by atoms with E-state index in [1.165, 1.54) is 17.7 Å². The Hall–Kier alpha value is -3.15. The van der Waals surface area contributed by atoms with Crippen LogP contribution in [0.15, 0.2) is 65.9 Å². The van der Waals surface area contributed by atoms with Gasteiger partial charge in [0.15, 0.2) is 0 Å². The highest BCUT2D eigenvalue weighted by atomic mass is 19.1. The van der Waals surface area contributed by atoms with Crippen molar-refractivity contribution < 1.29 is 14.0 Å². The van der Waals surface area contributed by atoms with Crippen LogP contribution < -0.4 is 10.6 Å². The summed E-state index contributed by atoms with van der Waals surface area (Å²) in [5.41, 5.74) is 2.91. The molecule has 2 aliphatic heterocycles. The Morgan fingerprint density at radius 2 is 1.89 bits per heavy atom. The number of urea groups is 1. The van der Waals surface area contributed by atoms with Gasteiger partial charge in [-0.05, 0) is 36.1 Å². The summed E-state index contributed by atoms with van der Waals surface area (Å²) in [4.78, 5) is 26.7. The molecular formula is C21H20FN3O2. The second-order valence-electron chi connectivity index (χ2n) is 6.79. The van der Waals surface area contributed by atoms with Gasteiger partial charge in [0.1, 0.15) is 5.82 Å². The number of aryl methyl sites for hydroxylation is 1. The zero-order chi connectivity index (χ0) is 18.8. The van der Waals surface area contributed by atoms with Crippen LogP contribution in [-0.2, 0) is 11.2 Å². The molecule has 3 amide bonds. The highest BCUT2D eigenvalue weighted by Crippen LogP contribution is 2.32. The Labute approximate surface area is 156 Å². The number of halogens is 1. The number of hydrogen-bond acceptors (Lipinski definition) is 2. The van der Waals surface area contributed by atoms with Gasteiger partial charge in [-0.15, -0.1) is 0 Å². The van der Waals surface area contributed by atoms with Crippen LogP contribution in [-0.4, -0.2) is 29.9 Å². The molecule has 2 aliphatic rings. The summed E-state index contributed by atoms with van der Waals surface area (Å²) in [6.45, 7) is 0.981. The van der Waals surface area contributed by atoms with Crippen molar-refractivity contribution in [2.45, 2.75) is 18.9 Å².